The van der Waals surface area contributed by atoms with Gasteiger partial charge in [0.15, 0.2) is 5.69 Å². The minimum absolute atomic E-state index is 0.113. The summed E-state index contributed by atoms with van der Waals surface area (Å²) < 4.78 is 1.77. The molecule has 3 heterocycles. The van der Waals surface area contributed by atoms with Crippen LogP contribution in [0.25, 0.3) is 10.9 Å². The molecule has 160 valence electrons. The maximum Gasteiger partial charge on any atom is 0.276 e. The Morgan fingerprint density at radius 2 is 1.90 bits per heavy atom. The monoisotopic (exact) mass is 458 g/mol. The van der Waals surface area contributed by atoms with Gasteiger partial charge in [-0.3, -0.25) is 9.59 Å². The van der Waals surface area contributed by atoms with Gasteiger partial charge in [0.2, 0.25) is 0 Å². The molecular formula is C21H20Cl2N6O2. The number of aromatic nitrogens is 4. The fraction of sp³-hybridized carbons (Fsp3) is 0.381. The predicted octanol–water partition coefficient (Wildman–Crippen LogP) is 3.45. The standard InChI is InChI=1S/C21H20Cl2N6O2/c1-12-10-27(6-7-28(12)21(31)18-11-29(26-25-18)14-3-4-14)20(30)13-2-5-15-16(22)9-19(23)24-17(15)8-13/h2,5,8-9,11-12,14H,3-4,6-7,10H2,1H3. The van der Waals surface area contributed by atoms with Crippen LogP contribution in [0.2, 0.25) is 10.2 Å². The summed E-state index contributed by atoms with van der Waals surface area (Å²) in [6.07, 6.45) is 3.89. The summed E-state index contributed by atoms with van der Waals surface area (Å²) in [4.78, 5) is 33.8. The van der Waals surface area contributed by atoms with Crippen molar-refractivity contribution in [2.24, 2.45) is 0 Å². The lowest BCUT2D eigenvalue weighted by Gasteiger charge is -2.39. The number of carbonyl (C=O) groups is 2. The third-order valence-electron chi connectivity index (χ3n) is 5.80. The van der Waals surface area contributed by atoms with Gasteiger partial charge in [0.1, 0.15) is 5.15 Å². The minimum atomic E-state index is -0.148. The zero-order chi connectivity index (χ0) is 21.7. The SMILES string of the molecule is CC1CN(C(=O)c2ccc3c(Cl)cc(Cl)nc3c2)CCN1C(=O)c1cn(C2CC2)nn1. The maximum atomic E-state index is 13.1. The lowest BCUT2D eigenvalue weighted by molar-refractivity contribution is 0.0411. The van der Waals surface area contributed by atoms with E-state index in [-0.39, 0.29) is 23.0 Å². The number of hydrogen-bond donors (Lipinski definition) is 0. The average Bonchev–Trinajstić information content (AvgIpc) is 3.48. The van der Waals surface area contributed by atoms with Crippen LogP contribution >= 0.6 is 23.2 Å². The Morgan fingerprint density at radius 3 is 2.65 bits per heavy atom. The van der Waals surface area contributed by atoms with Gasteiger partial charge in [0.05, 0.1) is 22.8 Å². The van der Waals surface area contributed by atoms with E-state index in [0.717, 1.165) is 18.2 Å². The van der Waals surface area contributed by atoms with E-state index in [1.54, 1.807) is 44.9 Å². The molecule has 0 bridgehead atoms. The Hall–Kier alpha value is -2.71. The van der Waals surface area contributed by atoms with Crippen molar-refractivity contribution in [3.63, 3.8) is 0 Å². The van der Waals surface area contributed by atoms with Gasteiger partial charge in [-0.2, -0.15) is 0 Å². The predicted molar refractivity (Wildman–Crippen MR) is 116 cm³/mol. The summed E-state index contributed by atoms with van der Waals surface area (Å²) in [5.74, 6) is -0.260. The number of pyridine rings is 1. The third kappa shape index (κ3) is 3.85. The lowest BCUT2D eigenvalue weighted by atomic mass is 10.1. The first kappa shape index (κ1) is 20.2. The normalized spacial score (nSPS) is 19.1. The largest absolute Gasteiger partial charge is 0.335 e. The van der Waals surface area contributed by atoms with E-state index < -0.39 is 0 Å². The van der Waals surface area contributed by atoms with Gasteiger partial charge in [-0.1, -0.05) is 34.5 Å². The molecule has 2 fully saturated rings. The van der Waals surface area contributed by atoms with Gasteiger partial charge in [-0.05, 0) is 38.0 Å². The summed E-state index contributed by atoms with van der Waals surface area (Å²) in [6.45, 7) is 3.24. The first-order chi connectivity index (χ1) is 14.9. The third-order valence-corrected chi connectivity index (χ3v) is 6.31. The first-order valence-electron chi connectivity index (χ1n) is 10.2. The highest BCUT2D eigenvalue weighted by molar-refractivity contribution is 6.37. The van der Waals surface area contributed by atoms with E-state index in [9.17, 15) is 9.59 Å². The van der Waals surface area contributed by atoms with Gasteiger partial charge in [0, 0.05) is 36.6 Å². The van der Waals surface area contributed by atoms with Gasteiger partial charge >= 0.3 is 0 Å². The molecule has 8 nitrogen and oxygen atoms in total. The lowest BCUT2D eigenvalue weighted by Crippen LogP contribution is -2.55. The summed E-state index contributed by atoms with van der Waals surface area (Å²) in [7, 11) is 0. The number of halogens is 2. The van der Waals surface area contributed by atoms with Gasteiger partial charge < -0.3 is 9.80 Å². The number of piperazine rings is 1. The Bertz CT molecular complexity index is 1190. The van der Waals surface area contributed by atoms with Crippen molar-refractivity contribution in [3.8, 4) is 0 Å². The van der Waals surface area contributed by atoms with Crippen molar-refractivity contribution in [1.82, 2.24) is 29.8 Å². The molecule has 1 unspecified atom stereocenters. The van der Waals surface area contributed by atoms with Crippen molar-refractivity contribution in [1.29, 1.82) is 0 Å². The average molecular weight is 459 g/mol. The highest BCUT2D eigenvalue weighted by Gasteiger charge is 2.33. The molecule has 0 spiro atoms. The van der Waals surface area contributed by atoms with Crippen LogP contribution < -0.4 is 0 Å². The highest BCUT2D eigenvalue weighted by Crippen LogP contribution is 2.33. The van der Waals surface area contributed by atoms with Crippen LogP contribution in [0.4, 0.5) is 0 Å². The smallest absolute Gasteiger partial charge is 0.276 e. The first-order valence-corrected chi connectivity index (χ1v) is 10.9. The van der Waals surface area contributed by atoms with E-state index in [1.807, 2.05) is 6.92 Å². The van der Waals surface area contributed by atoms with E-state index in [0.29, 0.717) is 47.5 Å². The molecule has 2 amide bonds. The number of amides is 2. The number of hydrogen-bond acceptors (Lipinski definition) is 5. The van der Waals surface area contributed by atoms with E-state index in [4.69, 9.17) is 23.2 Å². The van der Waals surface area contributed by atoms with Crippen LogP contribution in [0.1, 0.15) is 46.7 Å². The fourth-order valence-corrected chi connectivity index (χ4v) is 4.47. The van der Waals surface area contributed by atoms with Crippen molar-refractivity contribution in [3.05, 3.63) is 51.9 Å². The van der Waals surface area contributed by atoms with Gasteiger partial charge in [-0.25, -0.2) is 9.67 Å². The highest BCUT2D eigenvalue weighted by atomic mass is 35.5. The molecule has 1 aromatic carbocycles. The van der Waals surface area contributed by atoms with Crippen LogP contribution in [0, 0.1) is 0 Å². The van der Waals surface area contributed by atoms with E-state index >= 15 is 0 Å². The maximum absolute atomic E-state index is 13.1. The summed E-state index contributed by atoms with van der Waals surface area (Å²) in [6, 6.07) is 7.04. The fourth-order valence-electron chi connectivity index (χ4n) is 3.95. The molecule has 1 saturated heterocycles. The number of carbonyl (C=O) groups excluding carboxylic acids is 2. The van der Waals surface area contributed by atoms with Crippen LogP contribution in [0.5, 0.6) is 0 Å². The molecule has 1 aliphatic carbocycles. The molecule has 3 aromatic rings. The van der Waals surface area contributed by atoms with Gasteiger partial charge in [-0.15, -0.1) is 5.10 Å². The number of benzene rings is 1. The molecule has 5 rings (SSSR count). The zero-order valence-electron chi connectivity index (χ0n) is 16.8. The minimum Gasteiger partial charge on any atom is -0.335 e. The molecular weight excluding hydrogens is 439 g/mol. The van der Waals surface area contributed by atoms with E-state index in [1.165, 1.54) is 0 Å². The number of nitrogens with zero attached hydrogens (tertiary/aromatic N) is 6. The summed E-state index contributed by atoms with van der Waals surface area (Å²) in [5, 5.41) is 9.63. The Labute approximate surface area is 188 Å². The van der Waals surface area contributed by atoms with Crippen molar-refractivity contribution >= 4 is 45.9 Å². The topological polar surface area (TPSA) is 84.2 Å². The molecule has 2 aliphatic rings. The molecule has 0 radical (unpaired) electrons. The van der Waals surface area contributed by atoms with Gasteiger partial charge in [0.25, 0.3) is 11.8 Å². The van der Waals surface area contributed by atoms with Crippen molar-refractivity contribution in [2.45, 2.75) is 31.8 Å². The van der Waals surface area contributed by atoms with E-state index in [2.05, 4.69) is 15.3 Å². The molecule has 2 aromatic heterocycles. The number of fused-ring (bicyclic) bond motifs is 1. The van der Waals surface area contributed by atoms with Crippen molar-refractivity contribution < 1.29 is 9.59 Å². The molecule has 0 N–H and O–H groups in total. The summed E-state index contributed by atoms with van der Waals surface area (Å²) >= 11 is 12.2. The molecule has 31 heavy (non-hydrogen) atoms. The molecule has 1 saturated carbocycles. The van der Waals surface area contributed by atoms with Crippen molar-refractivity contribution in [2.75, 3.05) is 19.6 Å². The van der Waals surface area contributed by atoms with Crippen LogP contribution in [0.3, 0.4) is 0 Å². The van der Waals surface area contributed by atoms with Crippen LogP contribution in [-0.4, -0.2) is 67.3 Å². The second-order valence-corrected chi connectivity index (χ2v) is 8.87. The van der Waals surface area contributed by atoms with Crippen LogP contribution in [-0.2, 0) is 0 Å². The molecule has 1 atom stereocenters. The molecule has 10 heteroatoms. The quantitative estimate of drug-likeness (QED) is 0.561. The molecule has 1 aliphatic heterocycles. The van der Waals surface area contributed by atoms with Crippen LogP contribution in [0.15, 0.2) is 30.5 Å². The second-order valence-electron chi connectivity index (χ2n) is 8.07. The Kier molecular flexibility index (Phi) is 5.06. The Balaban J connectivity index is 1.30. The Morgan fingerprint density at radius 1 is 1.10 bits per heavy atom. The summed E-state index contributed by atoms with van der Waals surface area (Å²) in [5.41, 5.74) is 1.44. The number of rotatable bonds is 3. The second kappa shape index (κ2) is 7.76. The zero-order valence-corrected chi connectivity index (χ0v) is 18.3.